The fourth-order valence-electron chi connectivity index (χ4n) is 3.05. The predicted molar refractivity (Wildman–Crippen MR) is 98.6 cm³/mol. The molecule has 5 heteroatoms. The molecule has 0 spiro atoms. The molecular weight excluding hydrogens is 328 g/mol. The van der Waals surface area contributed by atoms with Gasteiger partial charge in [0.25, 0.3) is 11.8 Å². The highest BCUT2D eigenvalue weighted by atomic mass is 16.2. The van der Waals surface area contributed by atoms with E-state index in [9.17, 15) is 14.4 Å². The van der Waals surface area contributed by atoms with Gasteiger partial charge in [0.05, 0.1) is 12.1 Å². The van der Waals surface area contributed by atoms with Crippen LogP contribution in [0.4, 0.5) is 4.79 Å². The zero-order chi connectivity index (χ0) is 18.7. The minimum atomic E-state index is -0.680. The topological polar surface area (TPSA) is 57.7 Å². The average Bonchev–Trinajstić information content (AvgIpc) is 2.99. The number of carbonyl (C=O) groups is 3. The van der Waals surface area contributed by atoms with Crippen LogP contribution in [0.25, 0.3) is 0 Å². The van der Waals surface area contributed by atoms with E-state index in [0.717, 1.165) is 9.80 Å². The standard InChI is InChI=1S/C21H18N2O3/c1-3-17-18(4-2)23(20(25)16-13-9-6-10-14-16)21(26)22(17)19(24)15-11-7-5-8-12-15/h3-14,17-18H,1-2H2/t17-,18-/m0/s1. The summed E-state index contributed by atoms with van der Waals surface area (Å²) < 4.78 is 0. The van der Waals surface area contributed by atoms with E-state index in [1.54, 1.807) is 60.7 Å². The SMILES string of the molecule is C=C[C@H]1[C@H](C=C)N(C(=O)c2ccccc2)C(=O)N1C(=O)c1ccccc1. The first-order valence-corrected chi connectivity index (χ1v) is 8.16. The minimum Gasteiger partial charge on any atom is -0.269 e. The van der Waals surface area contributed by atoms with E-state index in [2.05, 4.69) is 13.2 Å². The molecule has 26 heavy (non-hydrogen) atoms. The van der Waals surface area contributed by atoms with E-state index in [0.29, 0.717) is 11.1 Å². The van der Waals surface area contributed by atoms with Crippen LogP contribution < -0.4 is 0 Å². The molecule has 1 aliphatic rings. The van der Waals surface area contributed by atoms with Crippen LogP contribution in [0.1, 0.15) is 20.7 Å². The molecule has 0 bridgehead atoms. The van der Waals surface area contributed by atoms with E-state index >= 15 is 0 Å². The molecule has 0 radical (unpaired) electrons. The van der Waals surface area contributed by atoms with Crippen LogP contribution in [0.3, 0.4) is 0 Å². The summed E-state index contributed by atoms with van der Waals surface area (Å²) >= 11 is 0. The fourth-order valence-corrected chi connectivity index (χ4v) is 3.05. The number of imide groups is 2. The third-order valence-corrected chi connectivity index (χ3v) is 4.32. The number of nitrogens with zero attached hydrogens (tertiary/aromatic N) is 2. The van der Waals surface area contributed by atoms with Gasteiger partial charge in [-0.1, -0.05) is 48.6 Å². The summed E-state index contributed by atoms with van der Waals surface area (Å²) in [6, 6.07) is 14.9. The predicted octanol–water partition coefficient (Wildman–Crippen LogP) is 3.51. The molecule has 5 nitrogen and oxygen atoms in total. The maximum Gasteiger partial charge on any atom is 0.335 e. The number of benzene rings is 2. The first-order valence-electron chi connectivity index (χ1n) is 8.16. The molecule has 1 aliphatic heterocycles. The number of hydrogen-bond acceptors (Lipinski definition) is 3. The van der Waals surface area contributed by atoms with Gasteiger partial charge in [0.1, 0.15) is 0 Å². The molecule has 0 unspecified atom stereocenters. The maximum atomic E-state index is 13.0. The molecule has 0 aromatic heterocycles. The van der Waals surface area contributed by atoms with Gasteiger partial charge < -0.3 is 0 Å². The van der Waals surface area contributed by atoms with Gasteiger partial charge in [0.15, 0.2) is 0 Å². The first kappa shape index (κ1) is 17.4. The van der Waals surface area contributed by atoms with Crippen molar-refractivity contribution in [1.29, 1.82) is 0 Å². The van der Waals surface area contributed by atoms with Crippen molar-refractivity contribution in [3.8, 4) is 0 Å². The van der Waals surface area contributed by atoms with E-state index < -0.39 is 29.9 Å². The van der Waals surface area contributed by atoms with Gasteiger partial charge in [-0.3, -0.25) is 19.4 Å². The van der Waals surface area contributed by atoms with Crippen molar-refractivity contribution < 1.29 is 14.4 Å². The summed E-state index contributed by atoms with van der Waals surface area (Å²) in [5, 5.41) is 0. The van der Waals surface area contributed by atoms with E-state index in [1.807, 2.05) is 0 Å². The summed E-state index contributed by atoms with van der Waals surface area (Å²) in [7, 11) is 0. The van der Waals surface area contributed by atoms with Crippen LogP contribution in [0.2, 0.25) is 0 Å². The Morgan fingerprint density at radius 2 is 1.08 bits per heavy atom. The van der Waals surface area contributed by atoms with Gasteiger partial charge in [-0.05, 0) is 24.3 Å². The van der Waals surface area contributed by atoms with Gasteiger partial charge in [0, 0.05) is 11.1 Å². The highest BCUT2D eigenvalue weighted by Gasteiger charge is 2.49. The number of rotatable bonds is 4. The Balaban J connectivity index is 2.01. The van der Waals surface area contributed by atoms with E-state index in [-0.39, 0.29) is 0 Å². The molecule has 0 saturated carbocycles. The lowest BCUT2D eigenvalue weighted by Crippen LogP contribution is -2.41. The smallest absolute Gasteiger partial charge is 0.269 e. The monoisotopic (exact) mass is 346 g/mol. The molecule has 2 aromatic carbocycles. The first-order chi connectivity index (χ1) is 12.6. The zero-order valence-electron chi connectivity index (χ0n) is 14.1. The van der Waals surface area contributed by atoms with Crippen LogP contribution in [-0.4, -0.2) is 39.7 Å². The molecule has 130 valence electrons. The van der Waals surface area contributed by atoms with Crippen molar-refractivity contribution in [2.75, 3.05) is 0 Å². The van der Waals surface area contributed by atoms with Crippen molar-refractivity contribution in [1.82, 2.24) is 9.80 Å². The van der Waals surface area contributed by atoms with Gasteiger partial charge in [-0.2, -0.15) is 0 Å². The van der Waals surface area contributed by atoms with Crippen LogP contribution in [0.5, 0.6) is 0 Å². The second-order valence-electron chi connectivity index (χ2n) is 5.82. The minimum absolute atomic E-state index is 0.365. The normalized spacial score (nSPS) is 19.3. The maximum absolute atomic E-state index is 13.0. The number of hydrogen-bond donors (Lipinski definition) is 0. The molecule has 2 atom stereocenters. The van der Waals surface area contributed by atoms with E-state index in [4.69, 9.17) is 0 Å². The second kappa shape index (κ2) is 7.19. The van der Waals surface area contributed by atoms with Crippen molar-refractivity contribution in [2.24, 2.45) is 0 Å². The Bertz CT molecular complexity index is 790. The van der Waals surface area contributed by atoms with Gasteiger partial charge in [-0.15, -0.1) is 13.2 Å². The van der Waals surface area contributed by atoms with Crippen molar-refractivity contribution in [3.63, 3.8) is 0 Å². The molecule has 0 aliphatic carbocycles. The highest BCUT2D eigenvalue weighted by molar-refractivity contribution is 6.13. The highest BCUT2D eigenvalue weighted by Crippen LogP contribution is 2.28. The van der Waals surface area contributed by atoms with E-state index in [1.165, 1.54) is 12.2 Å². The largest absolute Gasteiger partial charge is 0.335 e. The molecule has 1 fully saturated rings. The molecule has 3 rings (SSSR count). The summed E-state index contributed by atoms with van der Waals surface area (Å²) in [5.74, 6) is -0.952. The summed E-state index contributed by atoms with van der Waals surface area (Å²) in [5.41, 5.74) is 0.731. The Hall–Kier alpha value is -3.47. The molecule has 4 amide bonds. The van der Waals surface area contributed by atoms with Crippen LogP contribution >= 0.6 is 0 Å². The fraction of sp³-hybridized carbons (Fsp3) is 0.0952. The quantitative estimate of drug-likeness (QED) is 0.796. The summed E-state index contributed by atoms with van der Waals surface area (Å²) in [6.07, 6.45) is 2.98. The molecular formula is C21H18N2O3. The van der Waals surface area contributed by atoms with Crippen molar-refractivity contribution >= 4 is 17.8 Å². The molecule has 1 saturated heterocycles. The van der Waals surface area contributed by atoms with Crippen LogP contribution in [-0.2, 0) is 0 Å². The molecule has 0 N–H and O–H groups in total. The third kappa shape index (κ3) is 2.84. The third-order valence-electron chi connectivity index (χ3n) is 4.32. The lowest BCUT2D eigenvalue weighted by molar-refractivity contribution is 0.0778. The lowest BCUT2D eigenvalue weighted by atomic mass is 10.1. The lowest BCUT2D eigenvalue weighted by Gasteiger charge is -2.21. The van der Waals surface area contributed by atoms with Gasteiger partial charge in [-0.25, -0.2) is 4.79 Å². The molecule has 1 heterocycles. The van der Waals surface area contributed by atoms with Gasteiger partial charge in [0.2, 0.25) is 0 Å². The Labute approximate surface area is 151 Å². The average molecular weight is 346 g/mol. The Morgan fingerprint density at radius 3 is 1.38 bits per heavy atom. The van der Waals surface area contributed by atoms with Gasteiger partial charge >= 0.3 is 6.03 Å². The Kier molecular flexibility index (Phi) is 4.80. The van der Waals surface area contributed by atoms with Crippen molar-refractivity contribution in [2.45, 2.75) is 12.1 Å². The van der Waals surface area contributed by atoms with Crippen LogP contribution in [0.15, 0.2) is 86.0 Å². The summed E-state index contributed by atoms with van der Waals surface area (Å²) in [6.45, 7) is 7.47. The zero-order valence-corrected chi connectivity index (χ0v) is 14.1. The Morgan fingerprint density at radius 1 is 0.731 bits per heavy atom. The number of amides is 4. The summed E-state index contributed by atoms with van der Waals surface area (Å²) in [4.78, 5) is 40.9. The number of urea groups is 1. The molecule has 2 aromatic rings. The van der Waals surface area contributed by atoms with Crippen molar-refractivity contribution in [3.05, 3.63) is 97.1 Å². The second-order valence-corrected chi connectivity index (χ2v) is 5.82. The van der Waals surface area contributed by atoms with Crippen LogP contribution in [0, 0.1) is 0 Å². The number of carbonyl (C=O) groups excluding carboxylic acids is 3.